The molecule has 0 aliphatic carbocycles. The molecule has 1 aromatic rings. The van der Waals surface area contributed by atoms with Crippen molar-refractivity contribution in [1.29, 1.82) is 0 Å². The van der Waals surface area contributed by atoms with E-state index >= 15 is 0 Å². The molecule has 0 saturated carbocycles. The van der Waals surface area contributed by atoms with Crippen molar-refractivity contribution in [1.82, 2.24) is 5.32 Å². The average Bonchev–Trinajstić information content (AvgIpc) is 3.41. The molecule has 1 saturated heterocycles. The van der Waals surface area contributed by atoms with Crippen LogP contribution in [0.5, 0.6) is 0 Å². The van der Waals surface area contributed by atoms with Gasteiger partial charge in [-0.15, -0.1) is 0 Å². The van der Waals surface area contributed by atoms with Crippen molar-refractivity contribution in [2.75, 3.05) is 13.2 Å². The fourth-order valence-electron chi connectivity index (χ4n) is 2.77. The Bertz CT molecular complexity index is 682. The van der Waals surface area contributed by atoms with Crippen molar-refractivity contribution in [3.8, 4) is 0 Å². The van der Waals surface area contributed by atoms with Gasteiger partial charge in [-0.3, -0.25) is 4.79 Å². The lowest BCUT2D eigenvalue weighted by atomic mass is 9.94. The number of epoxide rings is 1. The molecular formula is C20H25NO6. The highest BCUT2D eigenvalue weighted by Gasteiger charge is 2.49. The van der Waals surface area contributed by atoms with Gasteiger partial charge in [-0.05, 0) is 19.4 Å². The number of nitrogens with one attached hydrogen (secondary N) is 1. The quantitative estimate of drug-likeness (QED) is 0.307. The largest absolute Gasteiger partial charge is 0.464 e. The van der Waals surface area contributed by atoms with Crippen LogP contribution in [0.4, 0.5) is 0 Å². The Labute approximate surface area is 158 Å². The second kappa shape index (κ2) is 9.32. The molecule has 0 spiro atoms. The summed E-state index contributed by atoms with van der Waals surface area (Å²) in [5.41, 5.74) is -0.859. The van der Waals surface area contributed by atoms with Gasteiger partial charge in [0.25, 0.3) is 0 Å². The summed E-state index contributed by atoms with van der Waals surface area (Å²) < 4.78 is 15.6. The van der Waals surface area contributed by atoms with Gasteiger partial charge in [-0.25, -0.2) is 9.59 Å². The van der Waals surface area contributed by atoms with Gasteiger partial charge in [0.1, 0.15) is 12.2 Å². The number of esters is 2. The highest BCUT2D eigenvalue weighted by Crippen LogP contribution is 2.39. The van der Waals surface area contributed by atoms with Crippen LogP contribution in [0.15, 0.2) is 42.5 Å². The maximum Gasteiger partial charge on any atom is 0.344 e. The molecule has 1 aliphatic heterocycles. The fraction of sp³-hybridized carbons (Fsp3) is 0.450. The summed E-state index contributed by atoms with van der Waals surface area (Å²) in [5, 5.41) is 2.42. The zero-order chi connectivity index (χ0) is 19.9. The summed E-state index contributed by atoms with van der Waals surface area (Å²) >= 11 is 0. The van der Waals surface area contributed by atoms with Crippen LogP contribution < -0.4 is 5.32 Å². The van der Waals surface area contributed by atoms with Crippen molar-refractivity contribution in [3.05, 3.63) is 48.0 Å². The standard InChI is InChI=1S/C20H25NO6/c1-4-25-18(23)20(21-14(3)22,19(24)26-5-2)13-9-12-16-17(27-16)15-10-7-6-8-11-15/h6-12,16-17H,4-5,13H2,1-3H3,(H,21,22)/b12-9+. The second-order valence-electron chi connectivity index (χ2n) is 6.09. The molecule has 0 bridgehead atoms. The minimum atomic E-state index is -1.91. The normalized spacial score (nSPS) is 18.8. The zero-order valence-electron chi connectivity index (χ0n) is 15.8. The average molecular weight is 375 g/mol. The van der Waals surface area contributed by atoms with Crippen molar-refractivity contribution >= 4 is 17.8 Å². The van der Waals surface area contributed by atoms with Gasteiger partial charge in [-0.2, -0.15) is 0 Å². The van der Waals surface area contributed by atoms with Gasteiger partial charge in [0.05, 0.1) is 13.2 Å². The number of ether oxygens (including phenoxy) is 3. The zero-order valence-corrected chi connectivity index (χ0v) is 15.8. The van der Waals surface area contributed by atoms with E-state index in [-0.39, 0.29) is 31.8 Å². The summed E-state index contributed by atoms with van der Waals surface area (Å²) in [4.78, 5) is 36.6. The number of carbonyl (C=O) groups is 3. The predicted octanol–water partition coefficient (Wildman–Crippen LogP) is 2.07. The van der Waals surface area contributed by atoms with Gasteiger partial charge in [0, 0.05) is 13.3 Å². The van der Waals surface area contributed by atoms with E-state index < -0.39 is 23.4 Å². The number of hydrogen-bond donors (Lipinski definition) is 1. The first-order valence-corrected chi connectivity index (χ1v) is 8.94. The molecule has 0 radical (unpaired) electrons. The molecule has 1 aromatic carbocycles. The van der Waals surface area contributed by atoms with E-state index in [2.05, 4.69) is 5.32 Å². The van der Waals surface area contributed by atoms with Crippen molar-refractivity contribution in [2.24, 2.45) is 0 Å². The molecular weight excluding hydrogens is 350 g/mol. The van der Waals surface area contributed by atoms with Crippen LogP contribution >= 0.6 is 0 Å². The van der Waals surface area contributed by atoms with Crippen LogP contribution in [0.1, 0.15) is 38.9 Å². The Morgan fingerprint density at radius 3 is 2.22 bits per heavy atom. The number of rotatable bonds is 9. The predicted molar refractivity (Wildman–Crippen MR) is 97.6 cm³/mol. The maximum atomic E-state index is 12.5. The molecule has 1 fully saturated rings. The number of carbonyl (C=O) groups excluding carboxylic acids is 3. The summed E-state index contributed by atoms with van der Waals surface area (Å²) in [6, 6.07) is 9.73. The first-order valence-electron chi connectivity index (χ1n) is 8.94. The Morgan fingerprint density at radius 1 is 1.11 bits per heavy atom. The van der Waals surface area contributed by atoms with E-state index in [0.29, 0.717) is 0 Å². The summed E-state index contributed by atoms with van der Waals surface area (Å²) in [5.74, 6) is -2.23. The van der Waals surface area contributed by atoms with Crippen LogP contribution in [0.3, 0.4) is 0 Å². The highest BCUT2D eigenvalue weighted by atomic mass is 16.6. The van der Waals surface area contributed by atoms with E-state index in [9.17, 15) is 14.4 Å². The molecule has 1 N–H and O–H groups in total. The topological polar surface area (TPSA) is 94.2 Å². The molecule has 2 unspecified atom stereocenters. The molecule has 7 heteroatoms. The molecule has 2 rings (SSSR count). The Hall–Kier alpha value is -2.67. The third-order valence-electron chi connectivity index (χ3n) is 4.04. The van der Waals surface area contributed by atoms with Crippen LogP contribution in [-0.2, 0) is 28.6 Å². The molecule has 27 heavy (non-hydrogen) atoms. The fourth-order valence-corrected chi connectivity index (χ4v) is 2.77. The van der Waals surface area contributed by atoms with E-state index in [1.807, 2.05) is 30.3 Å². The molecule has 7 nitrogen and oxygen atoms in total. The Balaban J connectivity index is 2.14. The molecule has 0 aromatic heterocycles. The van der Waals surface area contributed by atoms with Gasteiger partial charge in [0.15, 0.2) is 0 Å². The summed E-state index contributed by atoms with van der Waals surface area (Å²) in [6.45, 7) is 4.63. The van der Waals surface area contributed by atoms with Gasteiger partial charge in [0.2, 0.25) is 11.4 Å². The van der Waals surface area contributed by atoms with Crippen LogP contribution in [0, 0.1) is 0 Å². The lowest BCUT2D eigenvalue weighted by Crippen LogP contribution is -2.60. The van der Waals surface area contributed by atoms with Crippen molar-refractivity contribution in [3.63, 3.8) is 0 Å². The second-order valence-corrected chi connectivity index (χ2v) is 6.09. The smallest absolute Gasteiger partial charge is 0.344 e. The van der Waals surface area contributed by atoms with Crippen LogP contribution in [0.2, 0.25) is 0 Å². The third kappa shape index (κ3) is 5.17. The van der Waals surface area contributed by atoms with E-state index in [0.717, 1.165) is 5.56 Å². The minimum Gasteiger partial charge on any atom is -0.464 e. The monoisotopic (exact) mass is 375 g/mol. The minimum absolute atomic E-state index is 0.0530. The summed E-state index contributed by atoms with van der Waals surface area (Å²) in [7, 11) is 0. The first-order chi connectivity index (χ1) is 12.9. The van der Waals surface area contributed by atoms with Gasteiger partial charge >= 0.3 is 11.9 Å². The molecule has 146 valence electrons. The highest BCUT2D eigenvalue weighted by molar-refractivity contribution is 6.07. The lowest BCUT2D eigenvalue weighted by molar-refractivity contribution is -0.167. The molecule has 1 amide bonds. The van der Waals surface area contributed by atoms with E-state index in [4.69, 9.17) is 14.2 Å². The molecule has 1 aliphatic rings. The van der Waals surface area contributed by atoms with E-state index in [1.165, 1.54) is 6.92 Å². The van der Waals surface area contributed by atoms with Gasteiger partial charge < -0.3 is 19.5 Å². The van der Waals surface area contributed by atoms with Crippen molar-refractivity contribution < 1.29 is 28.6 Å². The van der Waals surface area contributed by atoms with Gasteiger partial charge in [-0.1, -0.05) is 42.5 Å². The Kier molecular flexibility index (Phi) is 7.12. The molecule has 1 heterocycles. The number of hydrogen-bond acceptors (Lipinski definition) is 6. The number of benzene rings is 1. The van der Waals surface area contributed by atoms with Crippen LogP contribution in [-0.4, -0.2) is 42.7 Å². The number of amides is 1. The maximum absolute atomic E-state index is 12.5. The van der Waals surface area contributed by atoms with Crippen molar-refractivity contribution in [2.45, 2.75) is 44.9 Å². The molecule has 2 atom stereocenters. The Morgan fingerprint density at radius 2 is 1.70 bits per heavy atom. The first kappa shape index (κ1) is 20.6. The third-order valence-corrected chi connectivity index (χ3v) is 4.04. The van der Waals surface area contributed by atoms with E-state index in [1.54, 1.807) is 26.0 Å². The summed E-state index contributed by atoms with van der Waals surface area (Å²) in [6.07, 6.45) is 3.12. The lowest BCUT2D eigenvalue weighted by Gasteiger charge is -2.28. The van der Waals surface area contributed by atoms with Crippen LogP contribution in [0.25, 0.3) is 0 Å². The SMILES string of the molecule is CCOC(=O)C(C/C=C/C1OC1c1ccccc1)(NC(C)=O)C(=O)OCC.